The Morgan fingerprint density at radius 3 is 3.00 bits per heavy atom. The van der Waals surface area contributed by atoms with Crippen molar-refractivity contribution in [2.45, 2.75) is 19.9 Å². The molecule has 0 aliphatic carbocycles. The number of nitrogens with zero attached hydrogens (tertiary/aromatic N) is 1. The molecule has 0 bridgehead atoms. The van der Waals surface area contributed by atoms with Crippen molar-refractivity contribution in [2.75, 3.05) is 13.1 Å². The highest BCUT2D eigenvalue weighted by Gasteiger charge is 2.03. The highest BCUT2D eigenvalue weighted by molar-refractivity contribution is 7.18. The van der Waals surface area contributed by atoms with Crippen LogP contribution in [0.25, 0.3) is 10.2 Å². The molecule has 2 rings (SSSR count). The van der Waals surface area contributed by atoms with Crippen LogP contribution in [0.15, 0.2) is 24.3 Å². The van der Waals surface area contributed by atoms with E-state index in [4.69, 9.17) is 0 Å². The Morgan fingerprint density at radius 1 is 1.39 bits per heavy atom. The lowest BCUT2D eigenvalue weighted by atomic mass is 10.3. The van der Waals surface area contributed by atoms with Crippen LogP contribution >= 0.6 is 11.3 Å². The number of para-hydroxylation sites is 1. The second-order valence-electron chi connectivity index (χ2n) is 3.96. The second kappa shape index (κ2) is 6.47. The van der Waals surface area contributed by atoms with Gasteiger partial charge in [0.05, 0.1) is 10.2 Å². The molecule has 0 aliphatic heterocycles. The van der Waals surface area contributed by atoms with Crippen molar-refractivity contribution < 1.29 is 4.79 Å². The Morgan fingerprint density at radius 2 is 2.22 bits per heavy atom. The fourth-order valence-electron chi connectivity index (χ4n) is 1.68. The lowest BCUT2D eigenvalue weighted by Gasteiger charge is -2.02. The van der Waals surface area contributed by atoms with Crippen molar-refractivity contribution in [1.29, 1.82) is 0 Å². The third-order valence-corrected chi connectivity index (χ3v) is 3.55. The fraction of sp³-hybridized carbons (Fsp3) is 0.385. The SMILES string of the molecule is CCNC(=O)CCNCc1nc2ccccc2s1. The third kappa shape index (κ3) is 3.51. The van der Waals surface area contributed by atoms with Crippen molar-refractivity contribution in [1.82, 2.24) is 15.6 Å². The van der Waals surface area contributed by atoms with Gasteiger partial charge in [-0.2, -0.15) is 0 Å². The zero-order valence-electron chi connectivity index (χ0n) is 10.4. The maximum Gasteiger partial charge on any atom is 0.221 e. The van der Waals surface area contributed by atoms with Gasteiger partial charge in [0.2, 0.25) is 5.91 Å². The van der Waals surface area contributed by atoms with E-state index < -0.39 is 0 Å². The average molecular weight is 263 g/mol. The largest absolute Gasteiger partial charge is 0.356 e. The van der Waals surface area contributed by atoms with Gasteiger partial charge in [-0.1, -0.05) is 12.1 Å². The summed E-state index contributed by atoms with van der Waals surface area (Å²) in [5.41, 5.74) is 1.04. The van der Waals surface area contributed by atoms with E-state index in [-0.39, 0.29) is 5.91 Å². The lowest BCUT2D eigenvalue weighted by molar-refractivity contribution is -0.120. The standard InChI is InChI=1S/C13H17N3OS/c1-2-15-12(17)7-8-14-9-13-16-10-5-3-4-6-11(10)18-13/h3-6,14H,2,7-9H2,1H3,(H,15,17). The first-order chi connectivity index (χ1) is 8.79. The monoisotopic (exact) mass is 263 g/mol. The van der Waals surface area contributed by atoms with Crippen LogP contribution in [0.1, 0.15) is 18.4 Å². The number of amides is 1. The molecule has 1 heterocycles. The molecule has 0 atom stereocenters. The van der Waals surface area contributed by atoms with Crippen LogP contribution in [0.5, 0.6) is 0 Å². The molecule has 4 nitrogen and oxygen atoms in total. The Bertz CT molecular complexity index is 491. The summed E-state index contributed by atoms with van der Waals surface area (Å²) in [6.45, 7) is 4.02. The summed E-state index contributed by atoms with van der Waals surface area (Å²) in [5, 5.41) is 7.07. The molecule has 18 heavy (non-hydrogen) atoms. The number of aromatic nitrogens is 1. The number of carbonyl (C=O) groups excluding carboxylic acids is 1. The summed E-state index contributed by atoms with van der Waals surface area (Å²) in [6, 6.07) is 8.11. The molecule has 1 aromatic carbocycles. The lowest BCUT2D eigenvalue weighted by Crippen LogP contribution is -2.27. The van der Waals surface area contributed by atoms with Gasteiger partial charge in [-0.25, -0.2) is 4.98 Å². The maximum atomic E-state index is 11.2. The summed E-state index contributed by atoms with van der Waals surface area (Å²) in [4.78, 5) is 15.8. The molecule has 0 saturated heterocycles. The van der Waals surface area contributed by atoms with E-state index in [1.165, 1.54) is 4.70 Å². The van der Waals surface area contributed by atoms with E-state index in [1.807, 2.05) is 25.1 Å². The molecule has 96 valence electrons. The maximum absolute atomic E-state index is 11.2. The zero-order chi connectivity index (χ0) is 12.8. The number of fused-ring (bicyclic) bond motifs is 1. The smallest absolute Gasteiger partial charge is 0.221 e. The number of hydrogen-bond acceptors (Lipinski definition) is 4. The van der Waals surface area contributed by atoms with Crippen molar-refractivity contribution >= 4 is 27.5 Å². The molecular formula is C13H17N3OS. The van der Waals surface area contributed by atoms with Crippen molar-refractivity contribution in [3.8, 4) is 0 Å². The number of thiazole rings is 1. The van der Waals surface area contributed by atoms with Crippen LogP contribution in [0, 0.1) is 0 Å². The van der Waals surface area contributed by atoms with Gasteiger partial charge in [0.25, 0.3) is 0 Å². The van der Waals surface area contributed by atoms with Crippen molar-refractivity contribution in [3.63, 3.8) is 0 Å². The van der Waals surface area contributed by atoms with Gasteiger partial charge in [0, 0.05) is 26.1 Å². The zero-order valence-corrected chi connectivity index (χ0v) is 11.2. The molecule has 5 heteroatoms. The molecule has 0 spiro atoms. The minimum absolute atomic E-state index is 0.0919. The predicted molar refractivity (Wildman–Crippen MR) is 74.6 cm³/mol. The van der Waals surface area contributed by atoms with E-state index in [0.29, 0.717) is 19.5 Å². The Kier molecular flexibility index (Phi) is 4.66. The Labute approximate surface area is 110 Å². The van der Waals surface area contributed by atoms with Gasteiger partial charge in [0.15, 0.2) is 0 Å². The fourth-order valence-corrected chi connectivity index (χ4v) is 2.62. The molecule has 1 amide bonds. The summed E-state index contributed by atoms with van der Waals surface area (Å²) < 4.78 is 1.21. The van der Waals surface area contributed by atoms with Crippen molar-refractivity contribution in [3.05, 3.63) is 29.3 Å². The van der Waals surface area contributed by atoms with E-state index in [0.717, 1.165) is 17.1 Å². The van der Waals surface area contributed by atoms with Crippen LogP contribution in [0.3, 0.4) is 0 Å². The number of benzene rings is 1. The number of carbonyl (C=O) groups is 1. The van der Waals surface area contributed by atoms with E-state index in [2.05, 4.69) is 21.7 Å². The first-order valence-electron chi connectivity index (χ1n) is 6.11. The average Bonchev–Trinajstić information content (AvgIpc) is 2.77. The molecular weight excluding hydrogens is 246 g/mol. The third-order valence-electron chi connectivity index (χ3n) is 2.52. The van der Waals surface area contributed by atoms with Gasteiger partial charge in [-0.05, 0) is 19.1 Å². The first-order valence-corrected chi connectivity index (χ1v) is 6.93. The molecule has 0 fully saturated rings. The van der Waals surface area contributed by atoms with E-state index >= 15 is 0 Å². The minimum Gasteiger partial charge on any atom is -0.356 e. The molecule has 2 aromatic rings. The molecule has 0 radical (unpaired) electrons. The number of rotatable bonds is 6. The van der Waals surface area contributed by atoms with Crippen LogP contribution in [-0.2, 0) is 11.3 Å². The first kappa shape index (κ1) is 13.0. The topological polar surface area (TPSA) is 54.0 Å². The van der Waals surface area contributed by atoms with Gasteiger partial charge in [-0.3, -0.25) is 4.79 Å². The Hall–Kier alpha value is -1.46. The normalized spacial score (nSPS) is 10.7. The van der Waals surface area contributed by atoms with Crippen LogP contribution in [0.4, 0.5) is 0 Å². The minimum atomic E-state index is 0.0919. The molecule has 2 N–H and O–H groups in total. The number of nitrogens with one attached hydrogen (secondary N) is 2. The molecule has 0 aliphatic rings. The second-order valence-corrected chi connectivity index (χ2v) is 5.07. The molecule has 0 saturated carbocycles. The van der Waals surface area contributed by atoms with Gasteiger partial charge >= 0.3 is 0 Å². The van der Waals surface area contributed by atoms with E-state index in [1.54, 1.807) is 11.3 Å². The predicted octanol–water partition coefficient (Wildman–Crippen LogP) is 1.91. The quantitative estimate of drug-likeness (QED) is 0.783. The van der Waals surface area contributed by atoms with Crippen molar-refractivity contribution in [2.24, 2.45) is 0 Å². The molecule has 1 aromatic heterocycles. The highest BCUT2D eigenvalue weighted by Crippen LogP contribution is 2.21. The highest BCUT2D eigenvalue weighted by atomic mass is 32.1. The van der Waals surface area contributed by atoms with Crippen LogP contribution in [0.2, 0.25) is 0 Å². The summed E-state index contributed by atoms with van der Waals surface area (Å²) in [6.07, 6.45) is 0.513. The van der Waals surface area contributed by atoms with Gasteiger partial charge < -0.3 is 10.6 Å². The van der Waals surface area contributed by atoms with Gasteiger partial charge in [-0.15, -0.1) is 11.3 Å². The molecule has 0 unspecified atom stereocenters. The summed E-state index contributed by atoms with van der Waals surface area (Å²) in [7, 11) is 0. The van der Waals surface area contributed by atoms with Gasteiger partial charge in [0.1, 0.15) is 5.01 Å². The van der Waals surface area contributed by atoms with E-state index in [9.17, 15) is 4.79 Å². The Balaban J connectivity index is 1.78. The summed E-state index contributed by atoms with van der Waals surface area (Å²) in [5.74, 6) is 0.0919. The number of hydrogen-bond donors (Lipinski definition) is 2. The van der Waals surface area contributed by atoms with Crippen LogP contribution in [-0.4, -0.2) is 24.0 Å². The van der Waals surface area contributed by atoms with Crippen LogP contribution < -0.4 is 10.6 Å². The summed E-state index contributed by atoms with van der Waals surface area (Å²) >= 11 is 1.69.